The Kier molecular flexibility index (Phi) is 10.6. The van der Waals surface area contributed by atoms with Crippen molar-refractivity contribution in [2.45, 2.75) is 69.1 Å². The van der Waals surface area contributed by atoms with Crippen molar-refractivity contribution in [3.8, 4) is 0 Å². The van der Waals surface area contributed by atoms with Gasteiger partial charge in [-0.05, 0) is 32.2 Å². The number of H-pyrrole nitrogens is 1. The number of carbonyl (C=O) groups is 5. The summed E-state index contributed by atoms with van der Waals surface area (Å²) in [5.41, 5.74) is 17.1. The van der Waals surface area contributed by atoms with Crippen LogP contribution in [0.15, 0.2) is 12.5 Å². The number of imidazole rings is 1. The van der Waals surface area contributed by atoms with Gasteiger partial charge >= 0.3 is 5.97 Å². The van der Waals surface area contributed by atoms with Gasteiger partial charge in [-0.25, -0.2) is 9.78 Å². The summed E-state index contributed by atoms with van der Waals surface area (Å²) in [4.78, 5) is 69.9. The van der Waals surface area contributed by atoms with Crippen LogP contribution in [0.25, 0.3) is 0 Å². The van der Waals surface area contributed by atoms with Gasteiger partial charge in [-0.1, -0.05) is 6.42 Å². The van der Waals surface area contributed by atoms with Gasteiger partial charge < -0.3 is 42.8 Å². The van der Waals surface area contributed by atoms with E-state index < -0.39 is 60.2 Å². The first-order valence-electron chi connectivity index (χ1n) is 11.5. The molecule has 4 amide bonds. The van der Waals surface area contributed by atoms with E-state index in [9.17, 15) is 29.1 Å². The molecule has 1 aliphatic heterocycles. The van der Waals surface area contributed by atoms with E-state index in [1.807, 2.05) is 0 Å². The van der Waals surface area contributed by atoms with E-state index in [1.165, 1.54) is 17.4 Å². The number of aliphatic carboxylic acids is 1. The number of carbonyl (C=O) groups excluding carboxylic acids is 4. The monoisotopic (exact) mass is 494 g/mol. The molecule has 0 bridgehead atoms. The number of nitrogens with two attached hydrogens (primary N) is 3. The normalized spacial score (nSPS) is 17.9. The van der Waals surface area contributed by atoms with Crippen molar-refractivity contribution in [3.63, 3.8) is 0 Å². The molecule has 0 aromatic carbocycles. The molecule has 1 aromatic rings. The number of amides is 4. The molecule has 4 unspecified atom stereocenters. The lowest BCUT2D eigenvalue weighted by atomic mass is 10.1. The number of likely N-dealkylation sites (tertiary alicyclic amines) is 1. The second-order valence-corrected chi connectivity index (χ2v) is 8.49. The molecule has 14 nitrogen and oxygen atoms in total. The van der Waals surface area contributed by atoms with Crippen LogP contribution in [-0.2, 0) is 30.4 Å². The van der Waals surface area contributed by atoms with Gasteiger partial charge in [0, 0.05) is 24.9 Å². The molecule has 0 aliphatic carbocycles. The number of nitrogens with one attached hydrogen (secondary N) is 3. The average molecular weight is 495 g/mol. The molecule has 0 radical (unpaired) electrons. The summed E-state index contributed by atoms with van der Waals surface area (Å²) in [7, 11) is 0. The molecule has 194 valence electrons. The number of carboxylic acids is 1. The topological polar surface area (TPSA) is 240 Å². The molecule has 1 fully saturated rings. The molecule has 1 saturated heterocycles. The number of aromatic nitrogens is 2. The van der Waals surface area contributed by atoms with Gasteiger partial charge in [0.15, 0.2) is 0 Å². The van der Waals surface area contributed by atoms with Crippen LogP contribution >= 0.6 is 0 Å². The highest BCUT2D eigenvalue weighted by Gasteiger charge is 2.38. The van der Waals surface area contributed by atoms with Crippen molar-refractivity contribution < 1.29 is 29.1 Å². The van der Waals surface area contributed by atoms with Crippen molar-refractivity contribution in [1.29, 1.82) is 0 Å². The maximum atomic E-state index is 13.2. The predicted octanol–water partition coefficient (Wildman–Crippen LogP) is -2.67. The third-order valence-electron chi connectivity index (χ3n) is 5.76. The van der Waals surface area contributed by atoms with Gasteiger partial charge in [0.2, 0.25) is 23.6 Å². The lowest BCUT2D eigenvalue weighted by Gasteiger charge is -2.28. The number of nitrogens with zero attached hydrogens (tertiary/aromatic N) is 2. The number of hydrogen-bond acceptors (Lipinski definition) is 8. The van der Waals surface area contributed by atoms with Crippen molar-refractivity contribution in [2.75, 3.05) is 13.1 Å². The fourth-order valence-electron chi connectivity index (χ4n) is 3.90. The molecule has 2 heterocycles. The second-order valence-electron chi connectivity index (χ2n) is 8.49. The van der Waals surface area contributed by atoms with Crippen molar-refractivity contribution in [1.82, 2.24) is 25.5 Å². The number of hydrogen-bond donors (Lipinski definition) is 7. The highest BCUT2D eigenvalue weighted by molar-refractivity contribution is 5.96. The molecule has 1 aliphatic rings. The molecule has 14 heteroatoms. The van der Waals surface area contributed by atoms with Gasteiger partial charge in [-0.3, -0.25) is 19.2 Å². The summed E-state index contributed by atoms with van der Waals surface area (Å²) in [6.07, 6.45) is 4.77. The van der Waals surface area contributed by atoms with Crippen LogP contribution in [0, 0.1) is 0 Å². The molecule has 2 rings (SSSR count). The molecule has 4 atom stereocenters. The first kappa shape index (κ1) is 27.7. The second kappa shape index (κ2) is 13.4. The van der Waals surface area contributed by atoms with Crippen LogP contribution in [0.2, 0.25) is 0 Å². The minimum Gasteiger partial charge on any atom is -0.480 e. The van der Waals surface area contributed by atoms with E-state index >= 15 is 0 Å². The molecule has 0 saturated carbocycles. The SMILES string of the molecule is NCCCCC(N)C(=O)NC(CC(N)=O)C(=O)NC(Cc1cnc[nH]1)C(=O)N1CCCC1C(=O)O. The fourth-order valence-corrected chi connectivity index (χ4v) is 3.90. The number of primary amides is 1. The van der Waals surface area contributed by atoms with Crippen LogP contribution in [0.5, 0.6) is 0 Å². The van der Waals surface area contributed by atoms with Gasteiger partial charge in [0.1, 0.15) is 18.1 Å². The number of carboxylic acid groups (broad SMARTS) is 1. The minimum absolute atomic E-state index is 0.0107. The van der Waals surface area contributed by atoms with E-state index in [0.29, 0.717) is 44.3 Å². The lowest BCUT2D eigenvalue weighted by Crippen LogP contribution is -2.58. The molecule has 0 spiro atoms. The Morgan fingerprint density at radius 3 is 2.49 bits per heavy atom. The summed E-state index contributed by atoms with van der Waals surface area (Å²) in [6.45, 7) is 0.677. The molecule has 1 aromatic heterocycles. The zero-order valence-electron chi connectivity index (χ0n) is 19.4. The van der Waals surface area contributed by atoms with Crippen LogP contribution in [0.1, 0.15) is 44.2 Å². The van der Waals surface area contributed by atoms with E-state index in [4.69, 9.17) is 17.2 Å². The van der Waals surface area contributed by atoms with Crippen LogP contribution in [0.4, 0.5) is 0 Å². The molecule has 10 N–H and O–H groups in total. The summed E-state index contributed by atoms with van der Waals surface area (Å²) >= 11 is 0. The number of aromatic amines is 1. The third-order valence-corrected chi connectivity index (χ3v) is 5.76. The Morgan fingerprint density at radius 1 is 1.17 bits per heavy atom. The Labute approximate surface area is 202 Å². The zero-order chi connectivity index (χ0) is 26.0. The number of unbranched alkanes of at least 4 members (excludes halogenated alkanes) is 1. The molecular formula is C21H34N8O6. The van der Waals surface area contributed by atoms with Crippen LogP contribution in [0.3, 0.4) is 0 Å². The predicted molar refractivity (Wildman–Crippen MR) is 123 cm³/mol. The third kappa shape index (κ3) is 8.33. The van der Waals surface area contributed by atoms with E-state index in [2.05, 4.69) is 20.6 Å². The lowest BCUT2D eigenvalue weighted by molar-refractivity contribution is -0.149. The Bertz CT molecular complexity index is 892. The minimum atomic E-state index is -1.37. The number of rotatable bonds is 14. The zero-order valence-corrected chi connectivity index (χ0v) is 19.4. The summed E-state index contributed by atoms with van der Waals surface area (Å²) < 4.78 is 0. The van der Waals surface area contributed by atoms with Crippen LogP contribution in [-0.4, -0.2) is 86.8 Å². The first-order chi connectivity index (χ1) is 16.6. The summed E-state index contributed by atoms with van der Waals surface area (Å²) in [6, 6.07) is -4.47. The average Bonchev–Trinajstić information content (AvgIpc) is 3.49. The van der Waals surface area contributed by atoms with E-state index in [0.717, 1.165) is 0 Å². The summed E-state index contributed by atoms with van der Waals surface area (Å²) in [5, 5.41) is 14.4. The summed E-state index contributed by atoms with van der Waals surface area (Å²) in [5.74, 6) is -4.05. The Balaban J connectivity index is 2.17. The van der Waals surface area contributed by atoms with Crippen molar-refractivity contribution in [2.24, 2.45) is 17.2 Å². The highest BCUT2D eigenvalue weighted by atomic mass is 16.4. The fraction of sp³-hybridized carbons (Fsp3) is 0.619. The molecular weight excluding hydrogens is 460 g/mol. The first-order valence-corrected chi connectivity index (χ1v) is 11.5. The van der Waals surface area contributed by atoms with Gasteiger partial charge in [0.05, 0.1) is 18.8 Å². The molecule has 35 heavy (non-hydrogen) atoms. The standard InChI is InChI=1S/C21H34N8O6/c22-6-2-1-4-13(23)18(31)27-14(9-17(24)30)19(32)28-15(8-12-10-25-11-26-12)20(33)29-7-3-5-16(29)21(34)35/h10-11,13-16H,1-9,22-23H2,(H2,24,30)(H,25,26)(H,27,31)(H,28,32)(H,34,35). The van der Waals surface area contributed by atoms with Crippen molar-refractivity contribution >= 4 is 29.6 Å². The highest BCUT2D eigenvalue weighted by Crippen LogP contribution is 2.19. The van der Waals surface area contributed by atoms with Gasteiger partial charge in [-0.15, -0.1) is 0 Å². The smallest absolute Gasteiger partial charge is 0.326 e. The Morgan fingerprint density at radius 2 is 1.89 bits per heavy atom. The van der Waals surface area contributed by atoms with Crippen LogP contribution < -0.4 is 27.8 Å². The van der Waals surface area contributed by atoms with Crippen molar-refractivity contribution in [3.05, 3.63) is 18.2 Å². The van der Waals surface area contributed by atoms with Gasteiger partial charge in [0.25, 0.3) is 0 Å². The van der Waals surface area contributed by atoms with E-state index in [1.54, 1.807) is 0 Å². The van der Waals surface area contributed by atoms with Gasteiger partial charge in [-0.2, -0.15) is 0 Å². The Hall–Kier alpha value is -3.52. The van der Waals surface area contributed by atoms with E-state index in [-0.39, 0.29) is 13.0 Å². The maximum Gasteiger partial charge on any atom is 0.326 e. The maximum absolute atomic E-state index is 13.2. The quantitative estimate of drug-likeness (QED) is 0.133. The largest absolute Gasteiger partial charge is 0.480 e.